The normalized spacial score (nSPS) is 48.9. The van der Waals surface area contributed by atoms with Crippen molar-refractivity contribution in [3.63, 3.8) is 0 Å². The summed E-state index contributed by atoms with van der Waals surface area (Å²) in [4.78, 5) is 0. The second kappa shape index (κ2) is 4.26. The highest BCUT2D eigenvalue weighted by Crippen LogP contribution is 2.40. The molecule has 0 amide bonds. The van der Waals surface area contributed by atoms with Crippen LogP contribution in [0.25, 0.3) is 0 Å². The molecule has 0 aromatic heterocycles. The van der Waals surface area contributed by atoms with Gasteiger partial charge in [-0.15, -0.1) is 0 Å². The lowest BCUT2D eigenvalue weighted by Gasteiger charge is -2.40. The molecule has 3 heteroatoms. The number of nitrogens with one attached hydrogen (secondary N) is 2. The number of hydrogen-bond acceptors (Lipinski definition) is 2. The van der Waals surface area contributed by atoms with Crippen LogP contribution < -0.4 is 10.6 Å². The molecular formula is C13H23FN2. The van der Waals surface area contributed by atoms with E-state index >= 15 is 4.39 Å². The van der Waals surface area contributed by atoms with Gasteiger partial charge >= 0.3 is 0 Å². The number of rotatable bonds is 1. The number of hydrogen-bond donors (Lipinski definition) is 2. The molecule has 3 saturated heterocycles. The fraction of sp³-hybridized carbons (Fsp3) is 1.00. The van der Waals surface area contributed by atoms with E-state index in [9.17, 15) is 0 Å². The van der Waals surface area contributed by atoms with E-state index in [0.29, 0.717) is 12.1 Å². The van der Waals surface area contributed by atoms with E-state index in [1.165, 1.54) is 32.1 Å². The van der Waals surface area contributed by atoms with E-state index in [1.807, 2.05) is 0 Å². The maximum Gasteiger partial charge on any atom is 0.129 e. The van der Waals surface area contributed by atoms with Crippen LogP contribution in [-0.4, -0.2) is 30.3 Å². The first-order valence-electron chi connectivity index (χ1n) is 6.95. The average Bonchev–Trinajstić information content (AvgIpc) is 2.53. The van der Waals surface area contributed by atoms with Crippen molar-refractivity contribution >= 4 is 0 Å². The van der Waals surface area contributed by atoms with E-state index in [2.05, 4.69) is 10.6 Å². The van der Waals surface area contributed by atoms with Gasteiger partial charge in [0.05, 0.1) is 0 Å². The molecule has 0 aliphatic carbocycles. The third kappa shape index (κ3) is 2.00. The third-order valence-electron chi connectivity index (χ3n) is 4.69. The van der Waals surface area contributed by atoms with Crippen molar-refractivity contribution in [1.29, 1.82) is 0 Å². The predicted molar refractivity (Wildman–Crippen MR) is 63.3 cm³/mol. The van der Waals surface area contributed by atoms with Crippen LogP contribution in [0.4, 0.5) is 4.39 Å². The Balaban J connectivity index is 1.71. The van der Waals surface area contributed by atoms with E-state index in [-0.39, 0.29) is 6.04 Å². The van der Waals surface area contributed by atoms with E-state index in [4.69, 9.17) is 0 Å². The molecular weight excluding hydrogens is 203 g/mol. The Kier molecular flexibility index (Phi) is 2.92. The SMILES string of the molecule is FC1(C2CCCCCN2)CC2CCC(C1)N2. The Hall–Kier alpha value is -0.150. The minimum Gasteiger partial charge on any atom is -0.311 e. The molecule has 3 fully saturated rings. The molecule has 3 aliphatic rings. The van der Waals surface area contributed by atoms with E-state index in [0.717, 1.165) is 25.8 Å². The molecule has 2 nitrogen and oxygen atoms in total. The molecule has 2 bridgehead atoms. The summed E-state index contributed by atoms with van der Waals surface area (Å²) in [6.07, 6.45) is 8.57. The molecule has 2 N–H and O–H groups in total. The smallest absolute Gasteiger partial charge is 0.129 e. The van der Waals surface area contributed by atoms with Crippen LogP contribution in [0.3, 0.4) is 0 Å². The Morgan fingerprint density at radius 3 is 2.44 bits per heavy atom. The Morgan fingerprint density at radius 1 is 0.938 bits per heavy atom. The van der Waals surface area contributed by atoms with Crippen LogP contribution >= 0.6 is 0 Å². The summed E-state index contributed by atoms with van der Waals surface area (Å²) < 4.78 is 15.1. The van der Waals surface area contributed by atoms with Crippen molar-refractivity contribution in [2.24, 2.45) is 0 Å². The summed E-state index contributed by atoms with van der Waals surface area (Å²) in [6, 6.07) is 1.03. The zero-order valence-electron chi connectivity index (χ0n) is 9.97. The summed E-state index contributed by atoms with van der Waals surface area (Å²) in [6.45, 7) is 1.01. The van der Waals surface area contributed by atoms with Crippen LogP contribution in [0.5, 0.6) is 0 Å². The quantitative estimate of drug-likeness (QED) is 0.716. The molecule has 0 spiro atoms. The number of fused-ring (bicyclic) bond motifs is 2. The minimum absolute atomic E-state index is 0.125. The monoisotopic (exact) mass is 226 g/mol. The molecule has 3 heterocycles. The highest BCUT2D eigenvalue weighted by molar-refractivity contribution is 5.05. The molecule has 3 unspecified atom stereocenters. The van der Waals surface area contributed by atoms with Crippen molar-refractivity contribution in [2.75, 3.05) is 6.54 Å². The van der Waals surface area contributed by atoms with Gasteiger partial charge in [0.15, 0.2) is 0 Å². The average molecular weight is 226 g/mol. The first kappa shape index (κ1) is 11.0. The van der Waals surface area contributed by atoms with Gasteiger partial charge in [-0.05, 0) is 45.1 Å². The Bertz CT molecular complexity index is 236. The number of piperidine rings is 1. The van der Waals surface area contributed by atoms with Gasteiger partial charge in [-0.1, -0.05) is 12.8 Å². The van der Waals surface area contributed by atoms with Gasteiger partial charge in [0.1, 0.15) is 5.67 Å². The fourth-order valence-electron chi connectivity index (χ4n) is 3.88. The van der Waals surface area contributed by atoms with Crippen LogP contribution in [0.1, 0.15) is 51.4 Å². The van der Waals surface area contributed by atoms with Gasteiger partial charge in [-0.3, -0.25) is 0 Å². The first-order chi connectivity index (χ1) is 7.76. The van der Waals surface area contributed by atoms with Crippen LogP contribution in [0.2, 0.25) is 0 Å². The maximum atomic E-state index is 15.1. The third-order valence-corrected chi connectivity index (χ3v) is 4.69. The van der Waals surface area contributed by atoms with Crippen molar-refractivity contribution in [2.45, 2.75) is 75.2 Å². The lowest BCUT2D eigenvalue weighted by atomic mass is 9.81. The van der Waals surface area contributed by atoms with Gasteiger partial charge in [-0.2, -0.15) is 0 Å². The van der Waals surface area contributed by atoms with Gasteiger partial charge < -0.3 is 10.6 Å². The molecule has 0 saturated carbocycles. The van der Waals surface area contributed by atoms with Crippen LogP contribution in [-0.2, 0) is 0 Å². The minimum atomic E-state index is -0.929. The Labute approximate surface area is 97.4 Å². The Morgan fingerprint density at radius 2 is 1.69 bits per heavy atom. The zero-order valence-corrected chi connectivity index (χ0v) is 9.97. The second-order valence-electron chi connectivity index (χ2n) is 5.94. The van der Waals surface area contributed by atoms with Crippen molar-refractivity contribution in [3.8, 4) is 0 Å². The van der Waals surface area contributed by atoms with Gasteiger partial charge in [0.25, 0.3) is 0 Å². The van der Waals surface area contributed by atoms with Gasteiger partial charge in [0, 0.05) is 18.1 Å². The molecule has 92 valence electrons. The largest absolute Gasteiger partial charge is 0.311 e. The standard InChI is InChI=1S/C13H23FN2/c14-13(12-4-2-1-3-7-15-12)8-10-5-6-11(9-13)16-10/h10-12,15-16H,1-9H2. The predicted octanol–water partition coefficient (Wildman–Crippen LogP) is 2.14. The fourth-order valence-corrected chi connectivity index (χ4v) is 3.88. The lowest BCUT2D eigenvalue weighted by molar-refractivity contribution is 0.0443. The number of halogens is 1. The second-order valence-corrected chi connectivity index (χ2v) is 5.94. The summed E-state index contributed by atoms with van der Waals surface area (Å²) in [5.41, 5.74) is -0.929. The molecule has 3 rings (SSSR count). The van der Waals surface area contributed by atoms with Gasteiger partial charge in [0.2, 0.25) is 0 Å². The molecule has 0 radical (unpaired) electrons. The van der Waals surface area contributed by atoms with Gasteiger partial charge in [-0.25, -0.2) is 4.39 Å². The van der Waals surface area contributed by atoms with Crippen molar-refractivity contribution < 1.29 is 4.39 Å². The van der Waals surface area contributed by atoms with E-state index in [1.54, 1.807) is 0 Å². The van der Waals surface area contributed by atoms with Crippen molar-refractivity contribution in [1.82, 2.24) is 10.6 Å². The van der Waals surface area contributed by atoms with Crippen LogP contribution in [0.15, 0.2) is 0 Å². The molecule has 0 aromatic rings. The molecule has 3 atom stereocenters. The highest BCUT2D eigenvalue weighted by Gasteiger charge is 2.48. The zero-order chi connectivity index (χ0) is 11.0. The summed E-state index contributed by atoms with van der Waals surface area (Å²) in [5.74, 6) is 0. The summed E-state index contributed by atoms with van der Waals surface area (Å²) >= 11 is 0. The van der Waals surface area contributed by atoms with E-state index < -0.39 is 5.67 Å². The summed E-state index contributed by atoms with van der Waals surface area (Å²) in [5, 5.41) is 6.99. The molecule has 3 aliphatic heterocycles. The topological polar surface area (TPSA) is 24.1 Å². The highest BCUT2D eigenvalue weighted by atomic mass is 19.1. The molecule has 16 heavy (non-hydrogen) atoms. The maximum absolute atomic E-state index is 15.1. The van der Waals surface area contributed by atoms with Crippen LogP contribution in [0, 0.1) is 0 Å². The number of alkyl halides is 1. The summed E-state index contributed by atoms with van der Waals surface area (Å²) in [7, 11) is 0. The molecule has 0 aromatic carbocycles. The first-order valence-corrected chi connectivity index (χ1v) is 6.95. The lowest BCUT2D eigenvalue weighted by Crippen LogP contribution is -2.56. The van der Waals surface area contributed by atoms with Crippen molar-refractivity contribution in [3.05, 3.63) is 0 Å².